The lowest BCUT2D eigenvalue weighted by atomic mass is 10.1. The molecule has 2 rings (SSSR count). The molecule has 6 nitrogen and oxygen atoms in total. The molecule has 1 amide bonds. The summed E-state index contributed by atoms with van der Waals surface area (Å²) in [7, 11) is 0. The van der Waals surface area contributed by atoms with E-state index in [9.17, 15) is 22.8 Å². The number of amides is 1. The Kier molecular flexibility index (Phi) is 6.71. The number of aryl methyl sites for hydroxylation is 2. The van der Waals surface area contributed by atoms with Crippen LogP contribution in [0.15, 0.2) is 28.7 Å². The SMILES string of the molecule is CCCOc1ccc(C(F)(F)F)cc1NC(=O)COC(=O)c1cc(C)oc1C. The van der Waals surface area contributed by atoms with Crippen molar-refractivity contribution in [3.05, 3.63) is 46.9 Å². The number of alkyl halides is 3. The number of hydrogen-bond donors (Lipinski definition) is 1. The number of halogens is 3. The molecule has 0 bridgehead atoms. The maximum Gasteiger partial charge on any atom is 0.416 e. The summed E-state index contributed by atoms with van der Waals surface area (Å²) in [4.78, 5) is 24.1. The van der Waals surface area contributed by atoms with Gasteiger partial charge >= 0.3 is 12.1 Å². The van der Waals surface area contributed by atoms with Gasteiger partial charge in [-0.2, -0.15) is 13.2 Å². The highest BCUT2D eigenvalue weighted by Gasteiger charge is 2.31. The zero-order valence-corrected chi connectivity index (χ0v) is 15.6. The predicted molar refractivity (Wildman–Crippen MR) is 94.3 cm³/mol. The molecule has 1 aromatic heterocycles. The van der Waals surface area contributed by atoms with E-state index in [0.29, 0.717) is 17.9 Å². The topological polar surface area (TPSA) is 77.8 Å². The number of ether oxygens (including phenoxy) is 2. The molecule has 0 aliphatic rings. The second-order valence-corrected chi connectivity index (χ2v) is 6.01. The summed E-state index contributed by atoms with van der Waals surface area (Å²) >= 11 is 0. The third-order valence-electron chi connectivity index (χ3n) is 3.64. The summed E-state index contributed by atoms with van der Waals surface area (Å²) in [5.74, 6) is -0.620. The van der Waals surface area contributed by atoms with E-state index in [1.54, 1.807) is 13.8 Å². The molecule has 0 aliphatic carbocycles. The Morgan fingerprint density at radius 3 is 2.46 bits per heavy atom. The Labute approximate surface area is 159 Å². The van der Waals surface area contributed by atoms with E-state index in [0.717, 1.165) is 18.2 Å². The minimum absolute atomic E-state index is 0.0934. The average Bonchev–Trinajstić information content (AvgIpc) is 2.96. The number of nitrogens with one attached hydrogen (secondary N) is 1. The molecule has 0 radical (unpaired) electrons. The molecule has 0 aliphatic heterocycles. The highest BCUT2D eigenvalue weighted by atomic mass is 19.4. The first-order chi connectivity index (χ1) is 13.1. The van der Waals surface area contributed by atoms with Crippen molar-refractivity contribution in [3.63, 3.8) is 0 Å². The average molecular weight is 399 g/mol. The summed E-state index contributed by atoms with van der Waals surface area (Å²) < 4.78 is 54.3. The van der Waals surface area contributed by atoms with Crippen LogP contribution in [0.25, 0.3) is 0 Å². The third-order valence-corrected chi connectivity index (χ3v) is 3.64. The molecular formula is C19H20F3NO5. The van der Waals surface area contributed by atoms with Crippen LogP contribution >= 0.6 is 0 Å². The minimum Gasteiger partial charge on any atom is -0.491 e. The van der Waals surface area contributed by atoms with Gasteiger partial charge in [-0.1, -0.05) is 6.92 Å². The fourth-order valence-electron chi connectivity index (χ4n) is 2.37. The summed E-state index contributed by atoms with van der Waals surface area (Å²) in [6, 6.07) is 4.25. The first-order valence-electron chi connectivity index (χ1n) is 8.50. The third kappa shape index (κ3) is 5.51. The minimum atomic E-state index is -4.58. The summed E-state index contributed by atoms with van der Waals surface area (Å²) in [6.45, 7) is 4.65. The van der Waals surface area contributed by atoms with E-state index >= 15 is 0 Å². The quantitative estimate of drug-likeness (QED) is 0.694. The van der Waals surface area contributed by atoms with Crippen molar-refractivity contribution in [2.45, 2.75) is 33.4 Å². The van der Waals surface area contributed by atoms with Gasteiger partial charge in [0.25, 0.3) is 5.91 Å². The van der Waals surface area contributed by atoms with E-state index < -0.39 is 30.2 Å². The molecular weight excluding hydrogens is 379 g/mol. The van der Waals surface area contributed by atoms with Gasteiger partial charge in [0.05, 0.1) is 17.9 Å². The number of rotatable bonds is 7. The zero-order chi connectivity index (χ0) is 20.9. The van der Waals surface area contributed by atoms with Gasteiger partial charge in [0.2, 0.25) is 0 Å². The number of carbonyl (C=O) groups excluding carboxylic acids is 2. The lowest BCUT2D eigenvalue weighted by molar-refractivity contribution is -0.137. The molecule has 152 valence electrons. The molecule has 0 fully saturated rings. The first kappa shape index (κ1) is 21.3. The molecule has 9 heteroatoms. The maximum absolute atomic E-state index is 12.9. The Balaban J connectivity index is 2.08. The largest absolute Gasteiger partial charge is 0.491 e. The van der Waals surface area contributed by atoms with Crippen LogP contribution < -0.4 is 10.1 Å². The van der Waals surface area contributed by atoms with Crippen LogP contribution in [0.3, 0.4) is 0 Å². The smallest absolute Gasteiger partial charge is 0.416 e. The second-order valence-electron chi connectivity index (χ2n) is 6.01. The van der Waals surface area contributed by atoms with Crippen LogP contribution in [0.5, 0.6) is 5.75 Å². The van der Waals surface area contributed by atoms with Gasteiger partial charge in [0, 0.05) is 0 Å². The van der Waals surface area contributed by atoms with Crippen LogP contribution in [0.4, 0.5) is 18.9 Å². The summed E-state index contributed by atoms with van der Waals surface area (Å²) in [5, 5.41) is 2.29. The van der Waals surface area contributed by atoms with Crippen molar-refractivity contribution in [3.8, 4) is 5.75 Å². The van der Waals surface area contributed by atoms with Crippen molar-refractivity contribution in [1.82, 2.24) is 0 Å². The monoisotopic (exact) mass is 399 g/mol. The van der Waals surface area contributed by atoms with Crippen LogP contribution in [0.1, 0.15) is 40.8 Å². The van der Waals surface area contributed by atoms with Gasteiger partial charge in [-0.15, -0.1) is 0 Å². The number of furan rings is 1. The highest BCUT2D eigenvalue weighted by molar-refractivity contribution is 5.96. The molecule has 1 N–H and O–H groups in total. The Morgan fingerprint density at radius 1 is 1.18 bits per heavy atom. The standard InChI is InChI=1S/C19H20F3NO5/c1-4-7-26-16-6-5-13(19(20,21)22)9-15(16)23-17(24)10-27-18(25)14-8-11(2)28-12(14)3/h5-6,8-9H,4,7,10H2,1-3H3,(H,23,24). The highest BCUT2D eigenvalue weighted by Crippen LogP contribution is 2.35. The van der Waals surface area contributed by atoms with Crippen LogP contribution in [0, 0.1) is 13.8 Å². The van der Waals surface area contributed by atoms with Crippen molar-refractivity contribution in [2.24, 2.45) is 0 Å². The van der Waals surface area contributed by atoms with Crippen LogP contribution in [0.2, 0.25) is 0 Å². The number of carbonyl (C=O) groups is 2. The molecule has 0 atom stereocenters. The van der Waals surface area contributed by atoms with Gasteiger partial charge in [0.1, 0.15) is 22.8 Å². The molecule has 0 saturated carbocycles. The van der Waals surface area contributed by atoms with Crippen LogP contribution in [-0.2, 0) is 15.7 Å². The molecule has 28 heavy (non-hydrogen) atoms. The van der Waals surface area contributed by atoms with Crippen LogP contribution in [-0.4, -0.2) is 25.1 Å². The van der Waals surface area contributed by atoms with Crippen molar-refractivity contribution in [2.75, 3.05) is 18.5 Å². The molecule has 1 aromatic carbocycles. The number of benzene rings is 1. The van der Waals surface area contributed by atoms with Crippen molar-refractivity contribution >= 4 is 17.6 Å². The lowest BCUT2D eigenvalue weighted by Crippen LogP contribution is -2.22. The van der Waals surface area contributed by atoms with E-state index in [4.69, 9.17) is 13.9 Å². The molecule has 1 heterocycles. The Bertz CT molecular complexity index is 858. The molecule has 0 saturated heterocycles. The van der Waals surface area contributed by atoms with Gasteiger partial charge in [-0.25, -0.2) is 4.79 Å². The number of hydrogen-bond acceptors (Lipinski definition) is 5. The fourth-order valence-corrected chi connectivity index (χ4v) is 2.37. The zero-order valence-electron chi connectivity index (χ0n) is 15.6. The predicted octanol–water partition coefficient (Wildman–Crippen LogP) is 4.50. The molecule has 0 unspecified atom stereocenters. The van der Waals surface area contributed by atoms with Gasteiger partial charge < -0.3 is 19.2 Å². The summed E-state index contributed by atoms with van der Waals surface area (Å²) in [6.07, 6.45) is -3.94. The van der Waals surface area contributed by atoms with E-state index in [2.05, 4.69) is 5.32 Å². The molecule has 2 aromatic rings. The summed E-state index contributed by atoms with van der Waals surface area (Å²) in [5.41, 5.74) is -0.913. The Hall–Kier alpha value is -2.97. The van der Waals surface area contributed by atoms with E-state index in [1.807, 2.05) is 6.92 Å². The first-order valence-corrected chi connectivity index (χ1v) is 8.50. The fraction of sp³-hybridized carbons (Fsp3) is 0.368. The Morgan fingerprint density at radius 2 is 1.89 bits per heavy atom. The maximum atomic E-state index is 12.9. The van der Waals surface area contributed by atoms with Gasteiger partial charge in [0.15, 0.2) is 6.61 Å². The van der Waals surface area contributed by atoms with E-state index in [1.165, 1.54) is 6.07 Å². The van der Waals surface area contributed by atoms with E-state index in [-0.39, 0.29) is 23.6 Å². The second kappa shape index (κ2) is 8.81. The van der Waals surface area contributed by atoms with Gasteiger partial charge in [-0.3, -0.25) is 4.79 Å². The number of esters is 1. The van der Waals surface area contributed by atoms with Crippen molar-refractivity contribution in [1.29, 1.82) is 0 Å². The van der Waals surface area contributed by atoms with Crippen molar-refractivity contribution < 1.29 is 36.7 Å². The number of anilines is 1. The lowest BCUT2D eigenvalue weighted by Gasteiger charge is -2.15. The van der Waals surface area contributed by atoms with Gasteiger partial charge in [-0.05, 0) is 44.5 Å². The molecule has 0 spiro atoms. The normalized spacial score (nSPS) is 11.2.